The van der Waals surface area contributed by atoms with Gasteiger partial charge in [0, 0.05) is 18.8 Å². The van der Waals surface area contributed by atoms with E-state index in [2.05, 4.69) is 5.32 Å². The molecule has 0 saturated carbocycles. The molecule has 30 heavy (non-hydrogen) atoms. The third-order valence-corrected chi connectivity index (χ3v) is 6.88. The number of nitrogens with one attached hydrogen (secondary N) is 1. The van der Waals surface area contributed by atoms with Gasteiger partial charge in [0.2, 0.25) is 15.8 Å². The molecule has 1 N–H and O–H groups in total. The number of methoxy groups -OCH3 is 3. The second kappa shape index (κ2) is 9.36. The number of sulfonamides is 1. The van der Waals surface area contributed by atoms with Crippen LogP contribution in [-0.2, 0) is 10.0 Å². The van der Waals surface area contributed by atoms with E-state index in [9.17, 15) is 13.2 Å². The Morgan fingerprint density at radius 1 is 0.900 bits per heavy atom. The highest BCUT2D eigenvalue weighted by molar-refractivity contribution is 7.89. The number of carbonyl (C=O) groups excluding carboxylic acids is 1. The average Bonchev–Trinajstić information content (AvgIpc) is 2.78. The molecule has 9 heteroatoms. The van der Waals surface area contributed by atoms with Crippen molar-refractivity contribution in [1.82, 2.24) is 4.31 Å². The molecule has 0 radical (unpaired) electrons. The summed E-state index contributed by atoms with van der Waals surface area (Å²) in [4.78, 5) is 12.9. The van der Waals surface area contributed by atoms with Crippen molar-refractivity contribution in [1.29, 1.82) is 0 Å². The maximum absolute atomic E-state index is 13.4. The quantitative estimate of drug-likeness (QED) is 0.720. The van der Waals surface area contributed by atoms with Gasteiger partial charge in [-0.25, -0.2) is 8.42 Å². The summed E-state index contributed by atoms with van der Waals surface area (Å²) in [6, 6.07) is 10.2. The molecule has 0 aromatic heterocycles. The number of piperidine rings is 1. The highest BCUT2D eigenvalue weighted by atomic mass is 32.2. The van der Waals surface area contributed by atoms with E-state index in [1.165, 1.54) is 31.7 Å². The van der Waals surface area contributed by atoms with Gasteiger partial charge in [-0.2, -0.15) is 4.31 Å². The van der Waals surface area contributed by atoms with Gasteiger partial charge in [0.1, 0.15) is 4.90 Å². The lowest BCUT2D eigenvalue weighted by atomic mass is 10.1. The topological polar surface area (TPSA) is 94.2 Å². The molecular weight excluding hydrogens is 408 g/mol. The Hall–Kier alpha value is -2.78. The van der Waals surface area contributed by atoms with E-state index in [1.807, 2.05) is 6.07 Å². The minimum absolute atomic E-state index is 0.0104. The number of amides is 1. The Bertz CT molecular complexity index is 1000. The van der Waals surface area contributed by atoms with E-state index < -0.39 is 15.9 Å². The number of para-hydroxylation sites is 1. The Labute approximate surface area is 176 Å². The molecule has 0 aliphatic carbocycles. The Morgan fingerprint density at radius 2 is 1.50 bits per heavy atom. The Kier molecular flexibility index (Phi) is 6.84. The van der Waals surface area contributed by atoms with Crippen molar-refractivity contribution in [2.45, 2.75) is 24.2 Å². The fraction of sp³-hybridized carbons (Fsp3) is 0.381. The van der Waals surface area contributed by atoms with Gasteiger partial charge in [-0.1, -0.05) is 24.6 Å². The second-order valence-corrected chi connectivity index (χ2v) is 8.71. The maximum Gasteiger partial charge on any atom is 0.259 e. The lowest BCUT2D eigenvalue weighted by Crippen LogP contribution is -2.36. The summed E-state index contributed by atoms with van der Waals surface area (Å²) >= 11 is 0. The van der Waals surface area contributed by atoms with Crippen molar-refractivity contribution in [2.75, 3.05) is 39.7 Å². The van der Waals surface area contributed by atoms with E-state index in [-0.39, 0.29) is 27.7 Å². The van der Waals surface area contributed by atoms with Crippen LogP contribution in [0.5, 0.6) is 17.2 Å². The van der Waals surface area contributed by atoms with Crippen molar-refractivity contribution < 1.29 is 27.4 Å². The average molecular weight is 435 g/mol. The number of benzene rings is 2. The highest BCUT2D eigenvalue weighted by Crippen LogP contribution is 2.45. The summed E-state index contributed by atoms with van der Waals surface area (Å²) in [6.45, 7) is 0.844. The van der Waals surface area contributed by atoms with Gasteiger partial charge < -0.3 is 19.5 Å². The second-order valence-electron chi connectivity index (χ2n) is 6.81. The first-order valence-corrected chi connectivity index (χ1v) is 11.1. The van der Waals surface area contributed by atoms with Crippen molar-refractivity contribution in [3.05, 3.63) is 42.0 Å². The third kappa shape index (κ3) is 4.22. The zero-order valence-electron chi connectivity index (χ0n) is 17.3. The molecule has 2 aromatic carbocycles. The zero-order chi connectivity index (χ0) is 21.7. The van der Waals surface area contributed by atoms with Gasteiger partial charge in [-0.05, 0) is 31.0 Å². The molecule has 0 unspecified atom stereocenters. The van der Waals surface area contributed by atoms with Crippen LogP contribution in [-0.4, -0.2) is 53.0 Å². The molecule has 2 aromatic rings. The van der Waals surface area contributed by atoms with Crippen LogP contribution in [0.1, 0.15) is 29.6 Å². The molecule has 1 amide bonds. The van der Waals surface area contributed by atoms with Crippen LogP contribution in [0.15, 0.2) is 41.3 Å². The van der Waals surface area contributed by atoms with Crippen molar-refractivity contribution in [3.63, 3.8) is 0 Å². The third-order valence-electron chi connectivity index (χ3n) is 4.98. The van der Waals surface area contributed by atoms with Gasteiger partial charge in [0.25, 0.3) is 5.91 Å². The summed E-state index contributed by atoms with van der Waals surface area (Å²) < 4.78 is 44.4. The molecule has 162 valence electrons. The molecule has 3 rings (SSSR count). The van der Waals surface area contributed by atoms with Crippen LogP contribution in [0.2, 0.25) is 0 Å². The van der Waals surface area contributed by atoms with Crippen LogP contribution in [0.3, 0.4) is 0 Å². The monoisotopic (exact) mass is 434 g/mol. The number of hydrogen-bond acceptors (Lipinski definition) is 6. The zero-order valence-corrected chi connectivity index (χ0v) is 18.1. The molecule has 1 aliphatic rings. The van der Waals surface area contributed by atoms with Crippen LogP contribution in [0.25, 0.3) is 0 Å². The molecule has 1 aliphatic heterocycles. The molecule has 8 nitrogen and oxygen atoms in total. The van der Waals surface area contributed by atoms with E-state index in [0.29, 0.717) is 18.8 Å². The predicted molar refractivity (Wildman–Crippen MR) is 113 cm³/mol. The molecule has 0 atom stereocenters. The summed E-state index contributed by atoms with van der Waals surface area (Å²) in [6.07, 6.45) is 2.56. The molecule has 0 bridgehead atoms. The van der Waals surface area contributed by atoms with Gasteiger partial charge >= 0.3 is 0 Å². The highest BCUT2D eigenvalue weighted by Gasteiger charge is 2.34. The van der Waals surface area contributed by atoms with E-state index in [4.69, 9.17) is 14.2 Å². The smallest absolute Gasteiger partial charge is 0.259 e. The first kappa shape index (κ1) is 21.9. The van der Waals surface area contributed by atoms with E-state index >= 15 is 0 Å². The molecular formula is C21H26N2O6S. The number of rotatable bonds is 7. The number of ether oxygens (including phenoxy) is 3. The minimum atomic E-state index is -3.90. The van der Waals surface area contributed by atoms with Crippen molar-refractivity contribution in [2.24, 2.45) is 0 Å². The number of anilines is 1. The molecule has 1 saturated heterocycles. The summed E-state index contributed by atoms with van der Waals surface area (Å²) in [5.74, 6) is -0.359. The fourth-order valence-electron chi connectivity index (χ4n) is 3.51. The van der Waals surface area contributed by atoms with Crippen LogP contribution >= 0.6 is 0 Å². The van der Waals surface area contributed by atoms with Crippen molar-refractivity contribution in [3.8, 4) is 17.2 Å². The lowest BCUT2D eigenvalue weighted by molar-refractivity contribution is 0.102. The maximum atomic E-state index is 13.4. The standard InChI is InChI=1S/C21H26N2O6S/c1-27-18-16(21(24)22-15-10-6-4-7-11-15)14-17(19(28-2)20(18)29-3)30(25,26)23-12-8-5-9-13-23/h4,6-7,10-11,14H,5,8-9,12-13H2,1-3H3,(H,22,24). The molecule has 1 fully saturated rings. The number of nitrogens with zero attached hydrogens (tertiary/aromatic N) is 1. The lowest BCUT2D eigenvalue weighted by Gasteiger charge is -2.27. The largest absolute Gasteiger partial charge is 0.492 e. The Balaban J connectivity index is 2.15. The van der Waals surface area contributed by atoms with Crippen molar-refractivity contribution >= 4 is 21.6 Å². The molecule has 0 spiro atoms. The first-order valence-electron chi connectivity index (χ1n) is 9.63. The van der Waals surface area contributed by atoms with Crippen LogP contribution in [0.4, 0.5) is 5.69 Å². The minimum Gasteiger partial charge on any atom is -0.492 e. The normalized spacial score (nSPS) is 14.8. The predicted octanol–water partition coefficient (Wildman–Crippen LogP) is 3.14. The van der Waals surface area contributed by atoms with Crippen LogP contribution in [0, 0.1) is 0 Å². The number of carbonyl (C=O) groups is 1. The summed E-state index contributed by atoms with van der Waals surface area (Å²) in [7, 11) is 0.215. The van der Waals surface area contributed by atoms with Gasteiger partial charge in [0.05, 0.1) is 26.9 Å². The Morgan fingerprint density at radius 3 is 2.07 bits per heavy atom. The van der Waals surface area contributed by atoms with Gasteiger partial charge in [-0.15, -0.1) is 0 Å². The summed E-state index contributed by atoms with van der Waals surface area (Å²) in [5.41, 5.74) is 0.606. The SMILES string of the molecule is COc1c(C(=O)Nc2ccccc2)cc(S(=O)(=O)N2CCCCC2)c(OC)c1OC. The van der Waals surface area contributed by atoms with E-state index in [0.717, 1.165) is 19.3 Å². The fourth-order valence-corrected chi connectivity index (χ4v) is 5.20. The van der Waals surface area contributed by atoms with Gasteiger partial charge in [-0.3, -0.25) is 4.79 Å². The molecule has 1 heterocycles. The first-order chi connectivity index (χ1) is 14.4. The van der Waals surface area contributed by atoms with E-state index in [1.54, 1.807) is 24.3 Å². The van der Waals surface area contributed by atoms with Crippen LogP contribution < -0.4 is 19.5 Å². The summed E-state index contributed by atoms with van der Waals surface area (Å²) in [5, 5.41) is 2.76. The van der Waals surface area contributed by atoms with Gasteiger partial charge in [0.15, 0.2) is 11.5 Å². The number of hydrogen-bond donors (Lipinski definition) is 1.